The molecule has 0 saturated heterocycles. The SMILES string of the molecule is COc1ccc(CCCNC(=O)c2ccc(OCc3ccccc3)c(OC)c2)cc1. The minimum atomic E-state index is -0.127. The fourth-order valence-electron chi connectivity index (χ4n) is 3.05. The number of amides is 1. The Morgan fingerprint density at radius 2 is 1.60 bits per heavy atom. The predicted octanol–water partition coefficient (Wildman–Crippen LogP) is 4.65. The Balaban J connectivity index is 1.50. The number of carbonyl (C=O) groups excluding carboxylic acids is 1. The van der Waals surface area contributed by atoms with Gasteiger partial charge in [0.25, 0.3) is 5.91 Å². The van der Waals surface area contributed by atoms with Gasteiger partial charge in [-0.2, -0.15) is 0 Å². The summed E-state index contributed by atoms with van der Waals surface area (Å²) in [5.74, 6) is 1.86. The molecule has 0 bridgehead atoms. The van der Waals surface area contributed by atoms with E-state index in [4.69, 9.17) is 14.2 Å². The van der Waals surface area contributed by atoms with Crippen LogP contribution < -0.4 is 19.5 Å². The second kappa shape index (κ2) is 10.9. The third-order valence-corrected chi connectivity index (χ3v) is 4.75. The first-order valence-electron chi connectivity index (χ1n) is 9.95. The molecule has 0 unspecified atom stereocenters. The lowest BCUT2D eigenvalue weighted by Crippen LogP contribution is -2.24. The lowest BCUT2D eigenvalue weighted by atomic mass is 10.1. The standard InChI is InChI=1S/C25H27NO4/c1-28-22-13-10-19(11-14-22)9-6-16-26-25(27)21-12-15-23(24(17-21)29-2)30-18-20-7-4-3-5-8-20/h3-5,7-8,10-15,17H,6,9,16,18H2,1-2H3,(H,26,27). The van der Waals surface area contributed by atoms with Crippen LogP contribution in [-0.2, 0) is 13.0 Å². The molecule has 3 aromatic rings. The van der Waals surface area contributed by atoms with Gasteiger partial charge in [0.05, 0.1) is 14.2 Å². The lowest BCUT2D eigenvalue weighted by Gasteiger charge is -2.12. The number of hydrogen-bond donors (Lipinski definition) is 1. The molecule has 0 atom stereocenters. The third kappa shape index (κ3) is 6.01. The summed E-state index contributed by atoms with van der Waals surface area (Å²) in [6, 6.07) is 23.1. The summed E-state index contributed by atoms with van der Waals surface area (Å²) in [6.45, 7) is 1.04. The van der Waals surface area contributed by atoms with Gasteiger partial charge >= 0.3 is 0 Å². The van der Waals surface area contributed by atoms with Gasteiger partial charge in [0, 0.05) is 12.1 Å². The second-order valence-corrected chi connectivity index (χ2v) is 6.85. The molecule has 0 aliphatic carbocycles. The average molecular weight is 405 g/mol. The van der Waals surface area contributed by atoms with Crippen LogP contribution in [0.4, 0.5) is 0 Å². The first-order chi connectivity index (χ1) is 14.7. The van der Waals surface area contributed by atoms with Crippen molar-refractivity contribution in [2.45, 2.75) is 19.4 Å². The van der Waals surface area contributed by atoms with E-state index < -0.39 is 0 Å². The monoisotopic (exact) mass is 405 g/mol. The topological polar surface area (TPSA) is 56.8 Å². The maximum absolute atomic E-state index is 12.5. The molecular formula is C25H27NO4. The Hall–Kier alpha value is -3.47. The van der Waals surface area contributed by atoms with E-state index >= 15 is 0 Å². The molecule has 1 amide bonds. The van der Waals surface area contributed by atoms with Crippen LogP contribution in [0.3, 0.4) is 0 Å². The Bertz CT molecular complexity index is 939. The Morgan fingerprint density at radius 3 is 2.30 bits per heavy atom. The molecule has 0 spiro atoms. The van der Waals surface area contributed by atoms with Gasteiger partial charge in [0.1, 0.15) is 12.4 Å². The quantitative estimate of drug-likeness (QED) is 0.499. The van der Waals surface area contributed by atoms with Crippen LogP contribution in [0.2, 0.25) is 0 Å². The maximum atomic E-state index is 12.5. The van der Waals surface area contributed by atoms with Gasteiger partial charge in [-0.1, -0.05) is 42.5 Å². The number of hydrogen-bond acceptors (Lipinski definition) is 4. The lowest BCUT2D eigenvalue weighted by molar-refractivity contribution is 0.0952. The maximum Gasteiger partial charge on any atom is 0.251 e. The van der Waals surface area contributed by atoms with Gasteiger partial charge < -0.3 is 19.5 Å². The molecule has 0 saturated carbocycles. The summed E-state index contributed by atoms with van der Waals surface area (Å²) >= 11 is 0. The van der Waals surface area contributed by atoms with Crippen molar-refractivity contribution in [3.05, 3.63) is 89.5 Å². The van der Waals surface area contributed by atoms with Crippen LogP contribution in [-0.4, -0.2) is 26.7 Å². The molecule has 0 fully saturated rings. The van der Waals surface area contributed by atoms with Crippen molar-refractivity contribution in [1.29, 1.82) is 0 Å². The highest BCUT2D eigenvalue weighted by atomic mass is 16.5. The Labute approximate surface area is 177 Å². The molecule has 1 N–H and O–H groups in total. The molecule has 5 nitrogen and oxygen atoms in total. The summed E-state index contributed by atoms with van der Waals surface area (Å²) in [6.07, 6.45) is 1.74. The van der Waals surface area contributed by atoms with Crippen molar-refractivity contribution in [2.24, 2.45) is 0 Å². The normalized spacial score (nSPS) is 10.3. The summed E-state index contributed by atoms with van der Waals surface area (Å²) in [5, 5.41) is 2.96. The van der Waals surface area contributed by atoms with Crippen LogP contribution in [0.1, 0.15) is 27.9 Å². The Kier molecular flexibility index (Phi) is 7.72. The van der Waals surface area contributed by atoms with Gasteiger partial charge in [-0.15, -0.1) is 0 Å². The Morgan fingerprint density at radius 1 is 0.833 bits per heavy atom. The summed E-state index contributed by atoms with van der Waals surface area (Å²) in [4.78, 5) is 12.5. The van der Waals surface area contributed by atoms with Crippen LogP contribution in [0.25, 0.3) is 0 Å². The molecule has 0 heterocycles. The number of aryl methyl sites for hydroxylation is 1. The summed E-state index contributed by atoms with van der Waals surface area (Å²) in [7, 11) is 3.22. The van der Waals surface area contributed by atoms with E-state index in [2.05, 4.69) is 5.32 Å². The number of ether oxygens (including phenoxy) is 3. The molecular weight excluding hydrogens is 378 g/mol. The zero-order valence-corrected chi connectivity index (χ0v) is 17.4. The fraction of sp³-hybridized carbons (Fsp3) is 0.240. The molecule has 3 aromatic carbocycles. The highest BCUT2D eigenvalue weighted by Crippen LogP contribution is 2.28. The van der Waals surface area contributed by atoms with E-state index in [1.807, 2.05) is 54.6 Å². The molecule has 5 heteroatoms. The first-order valence-corrected chi connectivity index (χ1v) is 9.95. The van der Waals surface area contributed by atoms with Gasteiger partial charge in [-0.05, 0) is 54.3 Å². The van der Waals surface area contributed by atoms with Crippen molar-refractivity contribution in [1.82, 2.24) is 5.32 Å². The van der Waals surface area contributed by atoms with Crippen molar-refractivity contribution >= 4 is 5.91 Å². The molecule has 0 aliphatic rings. The minimum absolute atomic E-state index is 0.127. The zero-order chi connectivity index (χ0) is 21.2. The molecule has 0 aliphatic heterocycles. The predicted molar refractivity (Wildman–Crippen MR) is 117 cm³/mol. The van der Waals surface area contributed by atoms with Crippen molar-refractivity contribution in [2.75, 3.05) is 20.8 Å². The molecule has 30 heavy (non-hydrogen) atoms. The molecule has 0 radical (unpaired) electrons. The fourth-order valence-corrected chi connectivity index (χ4v) is 3.05. The van der Waals surface area contributed by atoms with Gasteiger partial charge in [-0.3, -0.25) is 4.79 Å². The number of nitrogens with one attached hydrogen (secondary N) is 1. The summed E-state index contributed by atoms with van der Waals surface area (Å²) < 4.78 is 16.4. The molecule has 156 valence electrons. The smallest absolute Gasteiger partial charge is 0.251 e. The van der Waals surface area contributed by atoms with E-state index in [9.17, 15) is 4.79 Å². The van der Waals surface area contributed by atoms with Crippen LogP contribution >= 0.6 is 0 Å². The van der Waals surface area contributed by atoms with Crippen molar-refractivity contribution < 1.29 is 19.0 Å². The minimum Gasteiger partial charge on any atom is -0.497 e. The molecule has 3 rings (SSSR count). The van der Waals surface area contributed by atoms with E-state index in [1.54, 1.807) is 32.4 Å². The number of carbonyl (C=O) groups is 1. The van der Waals surface area contributed by atoms with Crippen molar-refractivity contribution in [3.8, 4) is 17.2 Å². The van der Waals surface area contributed by atoms with Gasteiger partial charge in [0.15, 0.2) is 11.5 Å². The van der Waals surface area contributed by atoms with Crippen LogP contribution in [0, 0.1) is 0 Å². The highest BCUT2D eigenvalue weighted by Gasteiger charge is 2.11. The number of rotatable bonds is 10. The van der Waals surface area contributed by atoms with E-state index in [0.29, 0.717) is 30.2 Å². The third-order valence-electron chi connectivity index (χ3n) is 4.75. The average Bonchev–Trinajstić information content (AvgIpc) is 2.81. The zero-order valence-electron chi connectivity index (χ0n) is 17.4. The largest absolute Gasteiger partial charge is 0.497 e. The summed E-state index contributed by atoms with van der Waals surface area (Å²) in [5.41, 5.74) is 2.83. The number of methoxy groups -OCH3 is 2. The van der Waals surface area contributed by atoms with Crippen molar-refractivity contribution in [3.63, 3.8) is 0 Å². The van der Waals surface area contributed by atoms with Gasteiger partial charge in [-0.25, -0.2) is 0 Å². The highest BCUT2D eigenvalue weighted by molar-refractivity contribution is 5.94. The van der Waals surface area contributed by atoms with Crippen LogP contribution in [0.15, 0.2) is 72.8 Å². The molecule has 0 aromatic heterocycles. The van der Waals surface area contributed by atoms with E-state index in [0.717, 1.165) is 24.2 Å². The second-order valence-electron chi connectivity index (χ2n) is 6.85. The van der Waals surface area contributed by atoms with E-state index in [-0.39, 0.29) is 5.91 Å². The van der Waals surface area contributed by atoms with Gasteiger partial charge in [0.2, 0.25) is 0 Å². The first kappa shape index (κ1) is 21.2. The number of benzene rings is 3. The van der Waals surface area contributed by atoms with Crippen LogP contribution in [0.5, 0.6) is 17.2 Å². The van der Waals surface area contributed by atoms with E-state index in [1.165, 1.54) is 5.56 Å².